The summed E-state index contributed by atoms with van der Waals surface area (Å²) in [6.07, 6.45) is -0.175. The Morgan fingerprint density at radius 2 is 1.58 bits per heavy atom. The van der Waals surface area contributed by atoms with Gasteiger partial charge in [-0.25, -0.2) is 9.59 Å². The van der Waals surface area contributed by atoms with Gasteiger partial charge < -0.3 is 44.9 Å². The van der Waals surface area contributed by atoms with Crippen LogP contribution in [0.4, 0.5) is 4.79 Å². The Morgan fingerprint density at radius 3 is 2.08 bits per heavy atom. The molecule has 0 aromatic heterocycles. The quantitative estimate of drug-likeness (QED) is 0.127. The van der Waals surface area contributed by atoms with E-state index in [-0.39, 0.29) is 30.0 Å². The molecule has 2 fully saturated rings. The van der Waals surface area contributed by atoms with Gasteiger partial charge in [-0.15, -0.1) is 0 Å². The number of aliphatic carboxylic acids is 1. The minimum absolute atomic E-state index is 0.0203. The largest absolute Gasteiger partial charge is 0.481 e. The summed E-state index contributed by atoms with van der Waals surface area (Å²) in [7, 11) is 1.48. The Kier molecular flexibility index (Phi) is 15.5. The molecular weight excluding hydrogens is 801 g/mol. The average Bonchev–Trinajstić information content (AvgIpc) is 3.16. The number of esters is 2. The summed E-state index contributed by atoms with van der Waals surface area (Å²) in [6, 6.07) is 14.3. The number of carbonyl (C=O) groups is 6. The van der Waals surface area contributed by atoms with Gasteiger partial charge in [0.1, 0.15) is 17.6 Å². The number of urea groups is 1. The Hall–Kier alpha value is -5.22. The predicted molar refractivity (Wildman–Crippen MR) is 227 cm³/mol. The number of ketones is 1. The lowest BCUT2D eigenvalue weighted by molar-refractivity contribution is -0.257. The normalized spacial score (nSPS) is 29.0. The van der Waals surface area contributed by atoms with Crippen LogP contribution < -0.4 is 10.6 Å². The molecule has 1 aliphatic heterocycles. The summed E-state index contributed by atoms with van der Waals surface area (Å²) in [4.78, 5) is 73.4. The molecule has 15 heteroatoms. The summed E-state index contributed by atoms with van der Waals surface area (Å²) >= 11 is 0. The number of carbonyl (C=O) groups excluding carboxylic acids is 5. The van der Waals surface area contributed by atoms with Gasteiger partial charge in [-0.2, -0.15) is 0 Å². The maximum Gasteiger partial charge on any atom is 0.342 e. The van der Waals surface area contributed by atoms with E-state index in [1.165, 1.54) is 14.0 Å². The Balaban J connectivity index is 0.000000611. The summed E-state index contributed by atoms with van der Waals surface area (Å²) in [6.45, 7) is 16.9. The second kappa shape index (κ2) is 19.4. The zero-order chi connectivity index (χ0) is 46.5. The highest BCUT2D eigenvalue weighted by atomic mass is 16.6. The fraction of sp³-hybridized carbons (Fsp3) is 0.532. The molecule has 2 amide bonds. The molecule has 1 saturated heterocycles. The van der Waals surface area contributed by atoms with Gasteiger partial charge in [-0.05, 0) is 58.2 Å². The molecule has 1 heterocycles. The van der Waals surface area contributed by atoms with Gasteiger partial charge in [0.2, 0.25) is 0 Å². The summed E-state index contributed by atoms with van der Waals surface area (Å²) in [5.74, 6) is -4.63. The van der Waals surface area contributed by atoms with Gasteiger partial charge in [-0.3, -0.25) is 19.2 Å². The molecule has 2 aromatic rings. The number of hydrogen-bond donors (Lipinski definition) is 5. The van der Waals surface area contributed by atoms with Crippen LogP contribution in [0.25, 0.3) is 0 Å². The number of Topliss-reactive ketones (excluding diaryl/α,β-unsaturated/α-hetero) is 1. The van der Waals surface area contributed by atoms with Crippen molar-refractivity contribution in [1.29, 1.82) is 0 Å². The molecule has 5 N–H and O–H groups in total. The molecule has 6 rings (SSSR count). The van der Waals surface area contributed by atoms with E-state index in [2.05, 4.69) is 10.6 Å². The maximum absolute atomic E-state index is 14.8. The van der Waals surface area contributed by atoms with Crippen molar-refractivity contribution < 1.29 is 63.0 Å². The molecular formula is C47H62N2O13. The molecule has 4 aliphatic rings. The first-order chi connectivity index (χ1) is 28.8. The number of aryl methyl sites for hydroxylation is 1. The first-order valence-corrected chi connectivity index (χ1v) is 20.6. The molecule has 0 radical (unpaired) electrons. The lowest BCUT2D eigenvalue weighted by atomic mass is 9.46. The van der Waals surface area contributed by atoms with Crippen molar-refractivity contribution >= 4 is 36.0 Å². The molecule has 3 aliphatic carbocycles. The number of methoxy groups -OCH3 is 1. The fourth-order valence-electron chi connectivity index (χ4n) is 9.27. The number of amides is 2. The van der Waals surface area contributed by atoms with Crippen LogP contribution in [-0.2, 0) is 38.1 Å². The number of carboxylic acid groups (broad SMARTS) is 1. The number of aliphatic hydroxyl groups is 2. The fourth-order valence-corrected chi connectivity index (χ4v) is 9.27. The van der Waals surface area contributed by atoms with Crippen molar-refractivity contribution in [2.45, 2.75) is 117 Å². The Bertz CT molecular complexity index is 2050. The van der Waals surface area contributed by atoms with Crippen LogP contribution in [0.1, 0.15) is 96.3 Å². The van der Waals surface area contributed by atoms with Gasteiger partial charge in [0.15, 0.2) is 18.0 Å². The number of fused-ring (bicyclic) bond motifs is 5. The summed E-state index contributed by atoms with van der Waals surface area (Å²) < 4.78 is 23.8. The van der Waals surface area contributed by atoms with Crippen LogP contribution in [-0.4, -0.2) is 101 Å². The highest BCUT2D eigenvalue weighted by Gasteiger charge is 2.70. The SMILES string of the molecule is CC(=O)O.CO[C@H]1C2C3CO[C@@H]3C=C[C@@]2(C)C(=O)[C@H](OC(C)=O)C2C(C)=C(OC(=O)[C@H](O)[C@@H](NC(=O)NC(C)(C)C)c3ccccc3C)C[C@]1(O)C2(C)C.O=Cc1ccccc1. The number of nitrogens with one attached hydrogen (secondary N) is 2. The lowest BCUT2D eigenvalue weighted by Crippen LogP contribution is -2.72. The van der Waals surface area contributed by atoms with Crippen LogP contribution in [0, 0.1) is 35.5 Å². The first-order valence-electron chi connectivity index (χ1n) is 20.6. The number of rotatable bonds is 8. The number of aldehydes is 1. The topological polar surface area (TPSA) is 224 Å². The Labute approximate surface area is 363 Å². The summed E-state index contributed by atoms with van der Waals surface area (Å²) in [5.41, 5.74) is -2.33. The number of benzene rings is 2. The summed E-state index contributed by atoms with van der Waals surface area (Å²) in [5, 5.41) is 37.5. The van der Waals surface area contributed by atoms with Crippen LogP contribution in [0.3, 0.4) is 0 Å². The van der Waals surface area contributed by atoms with E-state index in [0.29, 0.717) is 17.7 Å². The second-order valence-electron chi connectivity index (χ2n) is 18.2. The predicted octanol–water partition coefficient (Wildman–Crippen LogP) is 5.42. The van der Waals surface area contributed by atoms with Gasteiger partial charge in [0.05, 0.1) is 30.3 Å². The standard InChI is InChI=1S/C38H52N2O10.C7H6O.C2H4O2/c1-19-13-11-12-14-22(19)28(39-34(45)40-35(4,5)6)29(42)33(44)50-25-17-38(46)32(47-10)27-23-18-48-24(23)15-16-37(27,9)31(43)30(49-21(3)41)26(20(25)2)36(38,7)8;8-6-7-4-2-1-3-5-7;1-2(3)4/h11-16,23-24,26-30,32,42,46H,17-18H2,1-10H3,(H2,39,40,45);1-6H;1H3,(H,3,4)/t23?,24-,26?,27?,28+,29-,30-,32+,37-,38-;;/m1../s1. The maximum atomic E-state index is 14.8. The van der Waals surface area contributed by atoms with Crippen molar-refractivity contribution in [2.75, 3.05) is 13.7 Å². The van der Waals surface area contributed by atoms with E-state index < -0.39 is 82.1 Å². The number of carboxylic acids is 1. The van der Waals surface area contributed by atoms with E-state index in [1.54, 1.807) is 97.9 Å². The number of allylic oxidation sites excluding steroid dienone is 1. The smallest absolute Gasteiger partial charge is 0.342 e. The number of aliphatic hydroxyl groups excluding tert-OH is 1. The first kappa shape index (κ1) is 49.4. The molecule has 15 nitrogen and oxygen atoms in total. The molecule has 3 unspecified atom stereocenters. The van der Waals surface area contributed by atoms with Crippen LogP contribution in [0.2, 0.25) is 0 Å². The molecule has 1 saturated carbocycles. The monoisotopic (exact) mass is 862 g/mol. The average molecular weight is 863 g/mol. The van der Waals surface area contributed by atoms with Gasteiger partial charge in [0, 0.05) is 61.6 Å². The van der Waals surface area contributed by atoms with Crippen molar-refractivity contribution in [3.05, 3.63) is 94.8 Å². The van der Waals surface area contributed by atoms with Crippen molar-refractivity contribution in [2.24, 2.45) is 28.6 Å². The van der Waals surface area contributed by atoms with E-state index >= 15 is 0 Å². The van der Waals surface area contributed by atoms with Crippen LogP contribution in [0.15, 0.2) is 78.1 Å². The molecule has 2 aromatic carbocycles. The van der Waals surface area contributed by atoms with Crippen LogP contribution >= 0.6 is 0 Å². The van der Waals surface area contributed by atoms with E-state index in [9.17, 15) is 34.2 Å². The van der Waals surface area contributed by atoms with Gasteiger partial charge in [0.25, 0.3) is 5.97 Å². The number of ether oxygens (including phenoxy) is 4. The van der Waals surface area contributed by atoms with Crippen molar-refractivity contribution in [3.8, 4) is 0 Å². The molecule has 338 valence electrons. The van der Waals surface area contributed by atoms with E-state index in [1.807, 2.05) is 24.3 Å². The van der Waals surface area contributed by atoms with E-state index in [0.717, 1.165) is 24.3 Å². The van der Waals surface area contributed by atoms with Gasteiger partial charge >= 0.3 is 18.0 Å². The highest BCUT2D eigenvalue weighted by Crippen LogP contribution is 2.62. The zero-order valence-corrected chi connectivity index (χ0v) is 37.4. The minimum Gasteiger partial charge on any atom is -0.481 e. The third-order valence-electron chi connectivity index (χ3n) is 12.4. The van der Waals surface area contributed by atoms with Crippen LogP contribution in [0.5, 0.6) is 0 Å². The minimum atomic E-state index is -1.87. The van der Waals surface area contributed by atoms with Gasteiger partial charge in [-0.1, -0.05) is 80.6 Å². The third kappa shape index (κ3) is 10.3. The Morgan fingerprint density at radius 1 is 0.984 bits per heavy atom. The second-order valence-corrected chi connectivity index (χ2v) is 18.2. The molecule has 0 spiro atoms. The lowest BCUT2D eigenvalue weighted by Gasteiger charge is -2.63. The molecule has 10 atom stereocenters. The third-order valence-corrected chi connectivity index (χ3v) is 12.4. The zero-order valence-electron chi connectivity index (χ0n) is 37.4. The van der Waals surface area contributed by atoms with Crippen molar-refractivity contribution in [3.63, 3.8) is 0 Å². The van der Waals surface area contributed by atoms with E-state index in [4.69, 9.17) is 28.8 Å². The van der Waals surface area contributed by atoms with Crippen molar-refractivity contribution in [1.82, 2.24) is 10.6 Å². The molecule has 2 bridgehead atoms. The number of hydrogen-bond acceptors (Lipinski definition) is 12. The molecule has 62 heavy (non-hydrogen) atoms. The highest BCUT2D eigenvalue weighted by molar-refractivity contribution is 5.93.